The quantitative estimate of drug-likeness (QED) is 0.810. The zero-order valence-corrected chi connectivity index (χ0v) is 13.7. The molecule has 1 heterocycles. The number of nitrogens with one attached hydrogen (secondary N) is 1. The first-order valence-electron chi connectivity index (χ1n) is 7.98. The lowest BCUT2D eigenvalue weighted by molar-refractivity contribution is -0.124. The zero-order chi connectivity index (χ0) is 16.0. The minimum Gasteiger partial charge on any atom is -0.349 e. The molecule has 0 spiro atoms. The Bertz CT molecular complexity index is 467. The van der Waals surface area contributed by atoms with Gasteiger partial charge in [-0.3, -0.25) is 14.6 Å². The number of carbonyl (C=O) groups is 1. The smallest absolute Gasteiger partial charge is 0.234 e. The van der Waals surface area contributed by atoms with Gasteiger partial charge in [-0.1, -0.05) is 30.3 Å². The van der Waals surface area contributed by atoms with E-state index in [0.717, 1.165) is 32.7 Å². The fraction of sp³-hybridized carbons (Fsp3) is 0.588. The van der Waals surface area contributed by atoms with Crippen molar-refractivity contribution in [2.75, 3.05) is 39.3 Å². The molecule has 5 nitrogen and oxygen atoms in total. The number of nitrogens with two attached hydrogens (primary N) is 1. The third-order valence-corrected chi connectivity index (χ3v) is 4.07. The van der Waals surface area contributed by atoms with E-state index >= 15 is 0 Å². The van der Waals surface area contributed by atoms with Crippen LogP contribution in [-0.4, -0.2) is 60.5 Å². The molecule has 122 valence electrons. The van der Waals surface area contributed by atoms with Crippen molar-refractivity contribution in [3.8, 4) is 0 Å². The molecule has 1 saturated heterocycles. The van der Waals surface area contributed by atoms with Gasteiger partial charge < -0.3 is 11.1 Å². The molecule has 3 N–H and O–H groups in total. The Morgan fingerprint density at radius 3 is 2.32 bits per heavy atom. The number of nitrogens with zero attached hydrogens (tertiary/aromatic N) is 2. The van der Waals surface area contributed by atoms with E-state index < -0.39 is 0 Å². The van der Waals surface area contributed by atoms with Crippen molar-refractivity contribution in [1.82, 2.24) is 15.1 Å². The summed E-state index contributed by atoms with van der Waals surface area (Å²) in [7, 11) is 0. The van der Waals surface area contributed by atoms with Gasteiger partial charge in [0, 0.05) is 44.8 Å². The highest BCUT2D eigenvalue weighted by molar-refractivity contribution is 5.78. The molecule has 0 unspecified atom stereocenters. The van der Waals surface area contributed by atoms with E-state index in [-0.39, 0.29) is 11.4 Å². The van der Waals surface area contributed by atoms with Crippen LogP contribution in [0, 0.1) is 0 Å². The largest absolute Gasteiger partial charge is 0.349 e. The van der Waals surface area contributed by atoms with Crippen molar-refractivity contribution in [3.05, 3.63) is 35.9 Å². The van der Waals surface area contributed by atoms with Crippen molar-refractivity contribution in [2.24, 2.45) is 5.73 Å². The van der Waals surface area contributed by atoms with Crippen LogP contribution in [0.2, 0.25) is 0 Å². The third kappa shape index (κ3) is 5.40. The SMILES string of the molecule is CC(C)(CN)NC(=O)CN1CCN(Cc2ccccc2)CC1. The van der Waals surface area contributed by atoms with Crippen LogP contribution in [0.25, 0.3) is 0 Å². The van der Waals surface area contributed by atoms with Crippen LogP contribution in [0.4, 0.5) is 0 Å². The summed E-state index contributed by atoms with van der Waals surface area (Å²) in [5.74, 6) is 0.0620. The van der Waals surface area contributed by atoms with Crippen LogP contribution < -0.4 is 11.1 Å². The normalized spacial score (nSPS) is 17.4. The molecule has 0 radical (unpaired) electrons. The van der Waals surface area contributed by atoms with Crippen LogP contribution in [0.15, 0.2) is 30.3 Å². The molecule has 1 aliphatic heterocycles. The average molecular weight is 304 g/mol. The predicted molar refractivity (Wildman–Crippen MR) is 89.4 cm³/mol. The van der Waals surface area contributed by atoms with E-state index in [2.05, 4.69) is 39.4 Å². The van der Waals surface area contributed by atoms with Gasteiger partial charge >= 0.3 is 0 Å². The van der Waals surface area contributed by atoms with Crippen LogP contribution >= 0.6 is 0 Å². The molecule has 0 aliphatic carbocycles. The van der Waals surface area contributed by atoms with Gasteiger partial charge in [0.25, 0.3) is 0 Å². The number of carbonyl (C=O) groups excluding carboxylic acids is 1. The Labute approximate surface area is 133 Å². The van der Waals surface area contributed by atoms with Crippen LogP contribution in [0.3, 0.4) is 0 Å². The van der Waals surface area contributed by atoms with Crippen molar-refractivity contribution in [2.45, 2.75) is 25.9 Å². The Kier molecular flexibility index (Phi) is 5.94. The van der Waals surface area contributed by atoms with Gasteiger partial charge in [0.05, 0.1) is 6.54 Å². The van der Waals surface area contributed by atoms with Gasteiger partial charge in [0.15, 0.2) is 0 Å². The van der Waals surface area contributed by atoms with Crippen molar-refractivity contribution >= 4 is 5.91 Å². The van der Waals surface area contributed by atoms with Gasteiger partial charge in [-0.15, -0.1) is 0 Å². The number of rotatable bonds is 6. The topological polar surface area (TPSA) is 61.6 Å². The summed E-state index contributed by atoms with van der Waals surface area (Å²) in [6.45, 7) is 9.66. The molecule has 1 aromatic carbocycles. The highest BCUT2D eigenvalue weighted by atomic mass is 16.2. The third-order valence-electron chi connectivity index (χ3n) is 4.07. The van der Waals surface area contributed by atoms with Gasteiger partial charge in [-0.2, -0.15) is 0 Å². The maximum absolute atomic E-state index is 12.0. The second kappa shape index (κ2) is 7.72. The lowest BCUT2D eigenvalue weighted by Crippen LogP contribution is -2.54. The molecule has 2 rings (SSSR count). The van der Waals surface area contributed by atoms with Crippen LogP contribution in [-0.2, 0) is 11.3 Å². The Balaban J connectivity index is 1.72. The highest BCUT2D eigenvalue weighted by Crippen LogP contribution is 2.08. The number of benzene rings is 1. The van der Waals surface area contributed by atoms with E-state index in [0.29, 0.717) is 13.1 Å². The second-order valence-electron chi connectivity index (χ2n) is 6.67. The molecule has 5 heteroatoms. The van der Waals surface area contributed by atoms with Crippen molar-refractivity contribution < 1.29 is 4.79 Å². The summed E-state index contributed by atoms with van der Waals surface area (Å²) >= 11 is 0. The Hall–Kier alpha value is -1.43. The highest BCUT2D eigenvalue weighted by Gasteiger charge is 2.22. The van der Waals surface area contributed by atoms with E-state index in [1.54, 1.807) is 0 Å². The fourth-order valence-electron chi connectivity index (χ4n) is 2.62. The van der Waals surface area contributed by atoms with Crippen molar-refractivity contribution in [1.29, 1.82) is 0 Å². The minimum absolute atomic E-state index is 0.0620. The van der Waals surface area contributed by atoms with E-state index in [1.807, 2.05) is 19.9 Å². The molecule has 1 amide bonds. The molecule has 1 fully saturated rings. The molecule has 0 atom stereocenters. The lowest BCUT2D eigenvalue weighted by Gasteiger charge is -2.35. The van der Waals surface area contributed by atoms with E-state index in [4.69, 9.17) is 5.73 Å². The summed E-state index contributed by atoms with van der Waals surface area (Å²) in [5, 5.41) is 2.99. The van der Waals surface area contributed by atoms with Crippen LogP contribution in [0.5, 0.6) is 0 Å². The summed E-state index contributed by atoms with van der Waals surface area (Å²) in [5.41, 5.74) is 6.66. The first-order chi connectivity index (χ1) is 10.5. The Morgan fingerprint density at radius 1 is 1.14 bits per heavy atom. The number of piperazine rings is 1. The van der Waals surface area contributed by atoms with Crippen molar-refractivity contribution in [3.63, 3.8) is 0 Å². The molecule has 0 bridgehead atoms. The first kappa shape index (κ1) is 16.9. The standard InChI is InChI=1S/C17H28N4O/c1-17(2,14-18)19-16(22)13-21-10-8-20(9-11-21)12-15-6-4-3-5-7-15/h3-7H,8-14,18H2,1-2H3,(H,19,22). The number of hydrogen-bond acceptors (Lipinski definition) is 4. The molecule has 0 aromatic heterocycles. The summed E-state index contributed by atoms with van der Waals surface area (Å²) in [6, 6.07) is 10.5. The van der Waals surface area contributed by atoms with E-state index in [9.17, 15) is 4.79 Å². The maximum Gasteiger partial charge on any atom is 0.234 e. The summed E-state index contributed by atoms with van der Waals surface area (Å²) < 4.78 is 0. The molecule has 1 aromatic rings. The number of hydrogen-bond donors (Lipinski definition) is 2. The zero-order valence-electron chi connectivity index (χ0n) is 13.7. The predicted octanol–water partition coefficient (Wildman–Crippen LogP) is 0.658. The second-order valence-corrected chi connectivity index (χ2v) is 6.67. The van der Waals surface area contributed by atoms with Gasteiger partial charge in [-0.05, 0) is 19.4 Å². The monoisotopic (exact) mass is 304 g/mol. The average Bonchev–Trinajstić information content (AvgIpc) is 2.50. The number of amides is 1. The molecule has 0 saturated carbocycles. The molecule has 22 heavy (non-hydrogen) atoms. The summed E-state index contributed by atoms with van der Waals surface area (Å²) in [6.07, 6.45) is 0. The molecular formula is C17H28N4O. The Morgan fingerprint density at radius 2 is 1.73 bits per heavy atom. The fourth-order valence-corrected chi connectivity index (χ4v) is 2.62. The molecule has 1 aliphatic rings. The van der Waals surface area contributed by atoms with Gasteiger partial charge in [0.2, 0.25) is 5.91 Å². The van der Waals surface area contributed by atoms with E-state index in [1.165, 1.54) is 5.56 Å². The van der Waals surface area contributed by atoms with Gasteiger partial charge in [0.1, 0.15) is 0 Å². The maximum atomic E-state index is 12.0. The summed E-state index contributed by atoms with van der Waals surface area (Å²) in [4.78, 5) is 16.7. The minimum atomic E-state index is -0.327. The van der Waals surface area contributed by atoms with Crippen LogP contribution in [0.1, 0.15) is 19.4 Å². The molecular weight excluding hydrogens is 276 g/mol. The first-order valence-corrected chi connectivity index (χ1v) is 7.98. The lowest BCUT2D eigenvalue weighted by atomic mass is 10.1. The van der Waals surface area contributed by atoms with Gasteiger partial charge in [-0.25, -0.2) is 0 Å².